The average molecular weight is 366 g/mol. The summed E-state index contributed by atoms with van der Waals surface area (Å²) in [5.41, 5.74) is 2.99. The molecule has 0 saturated carbocycles. The number of hydrogen-bond donors (Lipinski definition) is 2. The van der Waals surface area contributed by atoms with Crippen LogP contribution in [-0.2, 0) is 6.42 Å². The number of amides is 1. The summed E-state index contributed by atoms with van der Waals surface area (Å²) >= 11 is 1.64. The summed E-state index contributed by atoms with van der Waals surface area (Å²) in [7, 11) is 0. The predicted molar refractivity (Wildman–Crippen MR) is 109 cm³/mol. The van der Waals surface area contributed by atoms with Crippen LogP contribution in [0.2, 0.25) is 0 Å². The van der Waals surface area contributed by atoms with Crippen LogP contribution >= 0.6 is 11.8 Å². The van der Waals surface area contributed by atoms with Crippen LogP contribution in [0.1, 0.15) is 36.2 Å². The van der Waals surface area contributed by atoms with Crippen molar-refractivity contribution in [1.82, 2.24) is 4.98 Å². The summed E-state index contributed by atoms with van der Waals surface area (Å²) in [5.74, 6) is 0.759. The number of aromatic nitrogens is 1. The van der Waals surface area contributed by atoms with E-state index in [9.17, 15) is 9.59 Å². The number of pyridine rings is 1. The van der Waals surface area contributed by atoms with Gasteiger partial charge < -0.3 is 10.3 Å². The Kier molecular flexibility index (Phi) is 5.78. The molecule has 0 spiro atoms. The van der Waals surface area contributed by atoms with Gasteiger partial charge in [-0.3, -0.25) is 9.59 Å². The molecule has 26 heavy (non-hydrogen) atoms. The lowest BCUT2D eigenvalue weighted by atomic mass is 10.0. The minimum atomic E-state index is -0.145. The molecule has 5 heteroatoms. The van der Waals surface area contributed by atoms with Crippen LogP contribution in [0.25, 0.3) is 10.9 Å². The fourth-order valence-electron chi connectivity index (χ4n) is 3.02. The van der Waals surface area contributed by atoms with Crippen molar-refractivity contribution < 1.29 is 4.79 Å². The number of thioether (sulfide) groups is 1. The van der Waals surface area contributed by atoms with Crippen LogP contribution in [-0.4, -0.2) is 16.6 Å². The summed E-state index contributed by atoms with van der Waals surface area (Å²) in [6.45, 7) is 4.15. The van der Waals surface area contributed by atoms with E-state index in [2.05, 4.69) is 24.1 Å². The zero-order valence-electron chi connectivity index (χ0n) is 15.0. The van der Waals surface area contributed by atoms with Crippen molar-refractivity contribution in [3.63, 3.8) is 0 Å². The third-order valence-corrected chi connectivity index (χ3v) is 5.09. The van der Waals surface area contributed by atoms with Crippen molar-refractivity contribution in [3.05, 3.63) is 70.0 Å². The van der Waals surface area contributed by atoms with Crippen LogP contribution in [0.3, 0.4) is 0 Å². The van der Waals surface area contributed by atoms with Crippen molar-refractivity contribution in [2.24, 2.45) is 0 Å². The van der Waals surface area contributed by atoms with E-state index in [1.807, 2.05) is 42.5 Å². The first-order valence-corrected chi connectivity index (χ1v) is 9.80. The lowest BCUT2D eigenvalue weighted by molar-refractivity contribution is 0.102. The molecule has 1 amide bonds. The Labute approximate surface area is 157 Å². The first-order chi connectivity index (χ1) is 12.6. The first kappa shape index (κ1) is 18.3. The van der Waals surface area contributed by atoms with E-state index in [4.69, 9.17) is 0 Å². The Morgan fingerprint density at radius 3 is 2.69 bits per heavy atom. The molecule has 0 radical (unpaired) electrons. The van der Waals surface area contributed by atoms with Crippen molar-refractivity contribution in [3.8, 4) is 0 Å². The molecule has 2 N–H and O–H groups in total. The van der Waals surface area contributed by atoms with Crippen molar-refractivity contribution in [2.75, 3.05) is 11.1 Å². The smallest absolute Gasteiger partial charge is 0.256 e. The minimum Gasteiger partial charge on any atom is -0.322 e. The van der Waals surface area contributed by atoms with Gasteiger partial charge in [-0.15, -0.1) is 11.8 Å². The number of hydrogen-bond acceptors (Lipinski definition) is 3. The minimum absolute atomic E-state index is 0.117. The van der Waals surface area contributed by atoms with Crippen molar-refractivity contribution >= 4 is 34.3 Å². The van der Waals surface area contributed by atoms with Gasteiger partial charge in [-0.1, -0.05) is 38.5 Å². The molecule has 1 aromatic heterocycles. The molecule has 0 unspecified atom stereocenters. The number of benzene rings is 2. The normalized spacial score (nSPS) is 10.8. The molecule has 0 fully saturated rings. The molecule has 0 atom stereocenters. The third-order valence-electron chi connectivity index (χ3n) is 4.14. The predicted octanol–water partition coefficient (Wildman–Crippen LogP) is 4.84. The van der Waals surface area contributed by atoms with E-state index in [0.717, 1.165) is 40.0 Å². The van der Waals surface area contributed by atoms with Gasteiger partial charge in [0.1, 0.15) is 0 Å². The Morgan fingerprint density at radius 2 is 1.92 bits per heavy atom. The fraction of sp³-hybridized carbons (Fsp3) is 0.238. The number of fused-ring (bicyclic) bond motifs is 1. The maximum absolute atomic E-state index is 12.7. The van der Waals surface area contributed by atoms with E-state index in [-0.39, 0.29) is 11.5 Å². The van der Waals surface area contributed by atoms with Crippen LogP contribution in [0, 0.1) is 0 Å². The SMILES string of the molecule is CCCc1cc(=O)[nH]c2cc(NC(=O)c3ccccc3SCC)ccc12. The van der Waals surface area contributed by atoms with Crippen LogP contribution in [0.5, 0.6) is 0 Å². The molecular weight excluding hydrogens is 344 g/mol. The molecule has 3 rings (SSSR count). The van der Waals surface area contributed by atoms with Gasteiger partial charge in [-0.05, 0) is 42.0 Å². The monoisotopic (exact) mass is 366 g/mol. The Hall–Kier alpha value is -2.53. The van der Waals surface area contributed by atoms with Gasteiger partial charge in [0.05, 0.1) is 11.1 Å². The molecule has 0 saturated heterocycles. The summed E-state index contributed by atoms with van der Waals surface area (Å²) < 4.78 is 0. The number of anilines is 1. The van der Waals surface area contributed by atoms with Gasteiger partial charge in [0.2, 0.25) is 5.56 Å². The lowest BCUT2D eigenvalue weighted by Gasteiger charge is -2.11. The topological polar surface area (TPSA) is 62.0 Å². The zero-order valence-corrected chi connectivity index (χ0v) is 15.8. The van der Waals surface area contributed by atoms with Gasteiger partial charge in [0.15, 0.2) is 0 Å². The molecule has 0 aliphatic rings. The molecule has 1 heterocycles. The van der Waals surface area contributed by atoms with Crippen LogP contribution in [0.4, 0.5) is 5.69 Å². The third kappa shape index (κ3) is 3.99. The molecule has 0 bridgehead atoms. The second kappa shape index (κ2) is 8.23. The summed E-state index contributed by atoms with van der Waals surface area (Å²) in [6.07, 6.45) is 1.83. The van der Waals surface area contributed by atoms with Gasteiger partial charge >= 0.3 is 0 Å². The molecule has 4 nitrogen and oxygen atoms in total. The lowest BCUT2D eigenvalue weighted by Crippen LogP contribution is -2.13. The zero-order chi connectivity index (χ0) is 18.5. The Balaban J connectivity index is 1.92. The second-order valence-corrected chi connectivity index (χ2v) is 7.36. The number of aromatic amines is 1. The van der Waals surface area contributed by atoms with Crippen molar-refractivity contribution in [2.45, 2.75) is 31.6 Å². The van der Waals surface area contributed by atoms with Crippen molar-refractivity contribution in [1.29, 1.82) is 0 Å². The van der Waals surface area contributed by atoms with Gasteiger partial charge in [0.25, 0.3) is 5.91 Å². The largest absolute Gasteiger partial charge is 0.322 e. The highest BCUT2D eigenvalue weighted by molar-refractivity contribution is 7.99. The second-order valence-electron chi connectivity index (χ2n) is 6.05. The summed E-state index contributed by atoms with van der Waals surface area (Å²) in [5, 5.41) is 3.97. The number of rotatable bonds is 6. The standard InChI is InChI=1S/C21H22N2O2S/c1-3-7-14-12-20(24)23-18-13-15(10-11-16(14)18)22-21(25)17-8-5-6-9-19(17)26-4-2/h5-6,8-13H,3-4,7H2,1-2H3,(H,22,25)(H,23,24). The Morgan fingerprint density at radius 1 is 1.12 bits per heavy atom. The van der Waals surface area contributed by atoms with E-state index in [0.29, 0.717) is 11.3 Å². The number of nitrogens with one attached hydrogen (secondary N) is 2. The molecule has 0 aliphatic heterocycles. The molecular formula is C21H22N2O2S. The Bertz CT molecular complexity index is 995. The quantitative estimate of drug-likeness (QED) is 0.613. The molecule has 3 aromatic rings. The van der Waals surface area contributed by atoms with E-state index in [1.165, 1.54) is 0 Å². The van der Waals surface area contributed by atoms with E-state index >= 15 is 0 Å². The van der Waals surface area contributed by atoms with E-state index < -0.39 is 0 Å². The van der Waals surface area contributed by atoms with Crippen LogP contribution < -0.4 is 10.9 Å². The molecule has 2 aromatic carbocycles. The number of carbonyl (C=O) groups excluding carboxylic acids is 1. The molecule has 0 aliphatic carbocycles. The van der Waals surface area contributed by atoms with Crippen LogP contribution in [0.15, 0.2) is 58.2 Å². The maximum Gasteiger partial charge on any atom is 0.256 e. The fourth-order valence-corrected chi connectivity index (χ4v) is 3.82. The molecule has 134 valence electrons. The van der Waals surface area contributed by atoms with Gasteiger partial charge in [-0.2, -0.15) is 0 Å². The van der Waals surface area contributed by atoms with Gasteiger partial charge in [0, 0.05) is 22.0 Å². The highest BCUT2D eigenvalue weighted by Gasteiger charge is 2.12. The van der Waals surface area contributed by atoms with E-state index in [1.54, 1.807) is 17.8 Å². The first-order valence-electron chi connectivity index (χ1n) is 8.81. The number of H-pyrrole nitrogens is 1. The number of carbonyl (C=O) groups is 1. The highest BCUT2D eigenvalue weighted by Crippen LogP contribution is 2.25. The average Bonchev–Trinajstić information content (AvgIpc) is 2.62. The highest BCUT2D eigenvalue weighted by atomic mass is 32.2. The maximum atomic E-state index is 12.7. The number of aryl methyl sites for hydroxylation is 1. The summed E-state index contributed by atoms with van der Waals surface area (Å²) in [6, 6.07) is 14.9. The summed E-state index contributed by atoms with van der Waals surface area (Å²) in [4.78, 5) is 28.4. The van der Waals surface area contributed by atoms with Gasteiger partial charge in [-0.25, -0.2) is 0 Å².